The fourth-order valence-electron chi connectivity index (χ4n) is 9.93. The molecule has 0 saturated carbocycles. The molecule has 11 rings (SSSR count). The van der Waals surface area contributed by atoms with Crippen LogP contribution in [0.4, 0.5) is 17.1 Å². The minimum Gasteiger partial charge on any atom is -0.313 e. The number of fused-ring (bicyclic) bond motifs is 6. The van der Waals surface area contributed by atoms with Crippen LogP contribution >= 0.6 is 0 Å². The number of hydrogen-bond acceptors (Lipinski definition) is 1. The van der Waals surface area contributed by atoms with Crippen LogP contribution in [0.25, 0.3) is 72.4 Å². The van der Waals surface area contributed by atoms with Crippen LogP contribution in [0, 0.1) is 6.92 Å². The minimum atomic E-state index is -0.143. The van der Waals surface area contributed by atoms with E-state index in [-0.39, 0.29) is 5.41 Å². The number of benzene rings is 8. The quantitative estimate of drug-likeness (QED) is 0.164. The van der Waals surface area contributed by atoms with Gasteiger partial charge in [-0.15, -0.1) is 0 Å². The molecule has 1 aliphatic heterocycles. The first-order valence-electron chi connectivity index (χ1n) is 21.0. The molecule has 1 aliphatic rings. The van der Waals surface area contributed by atoms with E-state index in [9.17, 15) is 0 Å². The molecule has 3 nitrogen and oxygen atoms in total. The highest BCUT2D eigenvalue weighted by Gasteiger charge is 2.36. The molecule has 0 saturated heterocycles. The fourth-order valence-corrected chi connectivity index (χ4v) is 9.93. The van der Waals surface area contributed by atoms with Crippen molar-refractivity contribution in [3.63, 3.8) is 0 Å². The van der Waals surface area contributed by atoms with Gasteiger partial charge in [0.1, 0.15) is 0 Å². The lowest BCUT2D eigenvalue weighted by molar-refractivity contribution is 0.632. The van der Waals surface area contributed by atoms with Gasteiger partial charge in [-0.2, -0.15) is 0 Å². The standard InChI is InChI=1S/C57H45N3/c1-5-16-46-38(2)58(52-22-11-6-17-47(46)52)43-31-27-39(28-32-43)41-35-42(37-45(36-41)60-55-25-14-9-20-50(55)57(3,4)51-21-10-15-26-56(51)60)40-29-33-44(34-30-40)59-53-23-12-7-18-48(53)49-19-8-13-24-54(49)59/h5-37H,1-4H3/b16-5-. The zero-order chi connectivity index (χ0) is 40.5. The summed E-state index contributed by atoms with van der Waals surface area (Å²) in [5.74, 6) is 0. The largest absolute Gasteiger partial charge is 0.313 e. The minimum absolute atomic E-state index is 0.143. The normalized spacial score (nSPS) is 13.4. The second kappa shape index (κ2) is 13.9. The number of nitrogens with zero attached hydrogens (tertiary/aromatic N) is 3. The fraction of sp³-hybridized carbons (Fsp3) is 0.0877. The third-order valence-electron chi connectivity index (χ3n) is 12.8. The summed E-state index contributed by atoms with van der Waals surface area (Å²) >= 11 is 0. The maximum atomic E-state index is 2.47. The lowest BCUT2D eigenvalue weighted by Gasteiger charge is -2.42. The molecule has 3 heterocycles. The number of anilines is 3. The number of rotatable bonds is 6. The summed E-state index contributed by atoms with van der Waals surface area (Å²) in [6.45, 7) is 9.01. The van der Waals surface area contributed by atoms with Crippen LogP contribution in [0.1, 0.15) is 43.2 Å². The Morgan fingerprint density at radius 3 is 1.37 bits per heavy atom. The summed E-state index contributed by atoms with van der Waals surface area (Å²) < 4.78 is 4.77. The van der Waals surface area contributed by atoms with Gasteiger partial charge in [0.25, 0.3) is 0 Å². The van der Waals surface area contributed by atoms with Crippen LogP contribution in [0.3, 0.4) is 0 Å². The number of hydrogen-bond donors (Lipinski definition) is 0. The molecular weight excluding hydrogens is 727 g/mol. The Hall–Kier alpha value is -7.36. The lowest BCUT2D eigenvalue weighted by Crippen LogP contribution is -2.30. The van der Waals surface area contributed by atoms with Crippen LogP contribution in [0.5, 0.6) is 0 Å². The second-order valence-corrected chi connectivity index (χ2v) is 16.6. The molecule has 60 heavy (non-hydrogen) atoms. The van der Waals surface area contributed by atoms with Crippen molar-refractivity contribution in [2.45, 2.75) is 33.1 Å². The van der Waals surface area contributed by atoms with Gasteiger partial charge in [0.15, 0.2) is 0 Å². The molecule has 10 aromatic rings. The molecule has 0 bridgehead atoms. The van der Waals surface area contributed by atoms with E-state index in [0.717, 1.165) is 17.1 Å². The van der Waals surface area contributed by atoms with Crippen LogP contribution < -0.4 is 4.90 Å². The Kier molecular flexibility index (Phi) is 8.28. The summed E-state index contributed by atoms with van der Waals surface area (Å²) in [6, 6.07) is 69.3. The predicted molar refractivity (Wildman–Crippen MR) is 255 cm³/mol. The van der Waals surface area contributed by atoms with E-state index >= 15 is 0 Å². The van der Waals surface area contributed by atoms with Gasteiger partial charge < -0.3 is 14.0 Å². The van der Waals surface area contributed by atoms with Gasteiger partial charge in [-0.1, -0.05) is 141 Å². The van der Waals surface area contributed by atoms with E-state index in [0.29, 0.717) is 0 Å². The van der Waals surface area contributed by atoms with Crippen LogP contribution in [0.2, 0.25) is 0 Å². The van der Waals surface area contributed by atoms with Gasteiger partial charge in [-0.05, 0) is 120 Å². The monoisotopic (exact) mass is 771 g/mol. The second-order valence-electron chi connectivity index (χ2n) is 16.6. The molecule has 0 spiro atoms. The molecule has 3 heteroatoms. The van der Waals surface area contributed by atoms with Crippen LogP contribution in [0.15, 0.2) is 194 Å². The van der Waals surface area contributed by atoms with Crippen molar-refractivity contribution in [1.82, 2.24) is 9.13 Å². The van der Waals surface area contributed by atoms with Crippen molar-refractivity contribution >= 4 is 55.8 Å². The molecule has 0 radical (unpaired) electrons. The predicted octanol–water partition coefficient (Wildman–Crippen LogP) is 15.5. The van der Waals surface area contributed by atoms with Gasteiger partial charge in [-0.25, -0.2) is 0 Å². The maximum Gasteiger partial charge on any atom is 0.0541 e. The van der Waals surface area contributed by atoms with E-state index < -0.39 is 0 Å². The Balaban J connectivity index is 1.08. The smallest absolute Gasteiger partial charge is 0.0541 e. The van der Waals surface area contributed by atoms with E-state index in [1.807, 2.05) is 0 Å². The van der Waals surface area contributed by atoms with Gasteiger partial charge >= 0.3 is 0 Å². The summed E-state index contributed by atoms with van der Waals surface area (Å²) in [5.41, 5.74) is 19.2. The third kappa shape index (κ3) is 5.50. The first-order chi connectivity index (χ1) is 29.4. The third-order valence-corrected chi connectivity index (χ3v) is 12.8. The average Bonchev–Trinajstić information content (AvgIpc) is 3.78. The van der Waals surface area contributed by atoms with Gasteiger partial charge in [0.05, 0.1) is 27.9 Å². The molecule has 0 fully saturated rings. The maximum absolute atomic E-state index is 2.47. The highest BCUT2D eigenvalue weighted by atomic mass is 15.2. The first kappa shape index (κ1) is 35.8. The molecule has 0 N–H and O–H groups in total. The Morgan fingerprint density at radius 1 is 0.417 bits per heavy atom. The molecule has 0 amide bonds. The number of aromatic nitrogens is 2. The van der Waals surface area contributed by atoms with E-state index in [2.05, 4.69) is 242 Å². The summed E-state index contributed by atoms with van der Waals surface area (Å²) in [4.78, 5) is 2.47. The van der Waals surface area contributed by atoms with Crippen LogP contribution in [-0.2, 0) is 5.41 Å². The topological polar surface area (TPSA) is 13.1 Å². The van der Waals surface area contributed by atoms with Crippen molar-refractivity contribution in [3.8, 4) is 33.6 Å². The van der Waals surface area contributed by atoms with Gasteiger partial charge in [0, 0.05) is 49.9 Å². The molecule has 0 atom stereocenters. The van der Waals surface area contributed by atoms with E-state index in [4.69, 9.17) is 0 Å². The van der Waals surface area contributed by atoms with Crippen molar-refractivity contribution in [3.05, 3.63) is 217 Å². The Labute approximate surface area is 351 Å². The number of allylic oxidation sites excluding steroid dienone is 1. The SMILES string of the molecule is C/C=C\c1c(C)n(-c2ccc(-c3cc(-c4ccc(-n5c6ccccc6c6ccccc65)cc4)cc(N4c5ccccc5C(C)(C)c5ccccc54)c3)cc2)c2ccccc12. The molecule has 0 unspecified atom stereocenters. The van der Waals surface area contributed by atoms with Crippen molar-refractivity contribution < 1.29 is 0 Å². The first-order valence-corrected chi connectivity index (χ1v) is 21.0. The molecule has 0 aliphatic carbocycles. The van der Waals surface area contributed by atoms with E-state index in [1.54, 1.807) is 0 Å². The molecule has 8 aromatic carbocycles. The van der Waals surface area contributed by atoms with E-state index in [1.165, 1.54) is 88.7 Å². The van der Waals surface area contributed by atoms with Crippen molar-refractivity contribution in [2.24, 2.45) is 0 Å². The lowest BCUT2D eigenvalue weighted by atomic mass is 9.73. The van der Waals surface area contributed by atoms with Crippen molar-refractivity contribution in [1.29, 1.82) is 0 Å². The summed E-state index contributed by atoms with van der Waals surface area (Å²) in [6.07, 6.45) is 4.36. The molecule has 2 aromatic heterocycles. The summed E-state index contributed by atoms with van der Waals surface area (Å²) in [5, 5.41) is 3.80. The highest BCUT2D eigenvalue weighted by molar-refractivity contribution is 6.09. The Morgan fingerprint density at radius 2 is 0.850 bits per heavy atom. The van der Waals surface area contributed by atoms with Gasteiger partial charge in [0.2, 0.25) is 0 Å². The summed E-state index contributed by atoms with van der Waals surface area (Å²) in [7, 11) is 0. The highest BCUT2D eigenvalue weighted by Crippen LogP contribution is 2.52. The van der Waals surface area contributed by atoms with Crippen molar-refractivity contribution in [2.75, 3.05) is 4.90 Å². The zero-order valence-corrected chi connectivity index (χ0v) is 34.4. The number of para-hydroxylation sites is 5. The zero-order valence-electron chi connectivity index (χ0n) is 34.4. The van der Waals surface area contributed by atoms with Gasteiger partial charge in [-0.3, -0.25) is 0 Å². The molecular formula is C57H45N3. The Bertz CT molecular complexity index is 3200. The van der Waals surface area contributed by atoms with Crippen LogP contribution in [-0.4, -0.2) is 9.13 Å². The molecule has 288 valence electrons. The average molecular weight is 772 g/mol.